The first-order valence-corrected chi connectivity index (χ1v) is 7.98. The minimum absolute atomic E-state index is 0.0465. The summed E-state index contributed by atoms with van der Waals surface area (Å²) in [5.41, 5.74) is 5.32. The molecular weight excluding hydrogens is 285 g/mol. The van der Waals surface area contributed by atoms with Crippen molar-refractivity contribution in [3.05, 3.63) is 29.6 Å². The number of unbranched alkanes of at least 4 members (excludes halogenated alkanes) is 1. The maximum atomic E-state index is 13.2. The number of halogens is 1. The van der Waals surface area contributed by atoms with Gasteiger partial charge in [0.25, 0.3) is 5.91 Å². The first-order valence-electron chi connectivity index (χ1n) is 6.09. The number of carbonyl (C=O) groups excluding carboxylic acids is 1. The molecule has 0 aromatic heterocycles. The molecule has 4 N–H and O–H groups in total. The quantitative estimate of drug-likeness (QED) is 0.644. The van der Waals surface area contributed by atoms with Gasteiger partial charge in [0, 0.05) is 6.54 Å². The first-order chi connectivity index (χ1) is 9.33. The van der Waals surface area contributed by atoms with Crippen LogP contribution in [0, 0.1) is 5.82 Å². The number of hydrogen-bond donors (Lipinski definition) is 3. The van der Waals surface area contributed by atoms with Gasteiger partial charge in [-0.15, -0.1) is 0 Å². The second-order valence-electron chi connectivity index (χ2n) is 4.32. The summed E-state index contributed by atoms with van der Waals surface area (Å²) >= 11 is 0. The number of hydrogen-bond acceptors (Lipinski definition) is 4. The molecule has 0 bridgehead atoms. The number of benzene rings is 1. The van der Waals surface area contributed by atoms with Gasteiger partial charge in [0.05, 0.1) is 17.5 Å². The lowest BCUT2D eigenvalue weighted by Crippen LogP contribution is -2.26. The minimum atomic E-state index is -3.54. The van der Waals surface area contributed by atoms with E-state index in [0.717, 1.165) is 24.8 Å². The lowest BCUT2D eigenvalue weighted by Gasteiger charge is -2.11. The zero-order valence-electron chi connectivity index (χ0n) is 11.1. The predicted molar refractivity (Wildman–Crippen MR) is 75.5 cm³/mol. The van der Waals surface area contributed by atoms with Crippen molar-refractivity contribution in [2.45, 2.75) is 12.8 Å². The maximum Gasteiger partial charge on any atom is 0.253 e. The van der Waals surface area contributed by atoms with Crippen LogP contribution in [0.5, 0.6) is 0 Å². The molecule has 0 aliphatic heterocycles. The molecule has 0 aliphatic rings. The van der Waals surface area contributed by atoms with Gasteiger partial charge < -0.3 is 11.1 Å². The molecule has 6 nitrogen and oxygen atoms in total. The van der Waals surface area contributed by atoms with Crippen molar-refractivity contribution in [2.24, 2.45) is 5.73 Å². The standard InChI is InChI=1S/C12H18FN3O3S/c1-20(18,19)16-11-5-4-9(13)8-10(11)12(17)15-7-3-2-6-14/h4-5,8,16H,2-3,6-7,14H2,1H3,(H,15,17). The van der Waals surface area contributed by atoms with Gasteiger partial charge >= 0.3 is 0 Å². The van der Waals surface area contributed by atoms with Gasteiger partial charge in [-0.1, -0.05) is 0 Å². The molecule has 112 valence electrons. The molecule has 1 aromatic rings. The topological polar surface area (TPSA) is 101 Å². The highest BCUT2D eigenvalue weighted by atomic mass is 32.2. The fourth-order valence-corrected chi connectivity index (χ4v) is 2.14. The molecule has 0 saturated heterocycles. The number of nitrogens with one attached hydrogen (secondary N) is 2. The lowest BCUT2D eigenvalue weighted by molar-refractivity contribution is 0.0953. The Balaban J connectivity index is 2.86. The number of amides is 1. The van der Waals surface area contributed by atoms with E-state index >= 15 is 0 Å². The van der Waals surface area contributed by atoms with Gasteiger partial charge in [-0.3, -0.25) is 9.52 Å². The number of rotatable bonds is 7. The van der Waals surface area contributed by atoms with Crippen LogP contribution in [-0.4, -0.2) is 33.7 Å². The summed E-state index contributed by atoms with van der Waals surface area (Å²) < 4.78 is 37.8. The molecule has 1 amide bonds. The van der Waals surface area contributed by atoms with E-state index in [-0.39, 0.29) is 11.3 Å². The highest BCUT2D eigenvalue weighted by Gasteiger charge is 2.14. The molecule has 20 heavy (non-hydrogen) atoms. The van der Waals surface area contributed by atoms with Crippen LogP contribution in [0.25, 0.3) is 0 Å². The monoisotopic (exact) mass is 303 g/mol. The summed E-state index contributed by atoms with van der Waals surface area (Å²) in [5, 5.41) is 2.59. The Morgan fingerprint density at radius 3 is 2.65 bits per heavy atom. The van der Waals surface area contributed by atoms with E-state index in [0.29, 0.717) is 19.5 Å². The third-order valence-corrected chi connectivity index (χ3v) is 3.03. The number of sulfonamides is 1. The molecule has 0 spiro atoms. The Bertz CT molecular complexity index is 575. The van der Waals surface area contributed by atoms with Gasteiger partial charge in [0.2, 0.25) is 10.0 Å². The summed E-state index contributed by atoms with van der Waals surface area (Å²) in [6, 6.07) is 3.29. The summed E-state index contributed by atoms with van der Waals surface area (Å²) in [7, 11) is -3.54. The van der Waals surface area contributed by atoms with Crippen LogP contribution in [0.3, 0.4) is 0 Å². The van der Waals surface area contributed by atoms with Gasteiger partial charge in [-0.05, 0) is 37.6 Å². The maximum absolute atomic E-state index is 13.2. The van der Waals surface area contributed by atoms with E-state index in [4.69, 9.17) is 5.73 Å². The molecule has 0 aliphatic carbocycles. The summed E-state index contributed by atoms with van der Waals surface area (Å²) in [6.07, 6.45) is 2.42. The van der Waals surface area contributed by atoms with Crippen LogP contribution in [0.4, 0.5) is 10.1 Å². The van der Waals surface area contributed by atoms with E-state index in [1.807, 2.05) is 0 Å². The van der Waals surface area contributed by atoms with Crippen LogP contribution in [-0.2, 0) is 10.0 Å². The van der Waals surface area contributed by atoms with Crippen LogP contribution in [0.1, 0.15) is 23.2 Å². The van der Waals surface area contributed by atoms with Gasteiger partial charge in [0.15, 0.2) is 0 Å². The molecule has 0 fully saturated rings. The molecule has 1 rings (SSSR count). The minimum Gasteiger partial charge on any atom is -0.352 e. The molecule has 0 unspecified atom stereocenters. The SMILES string of the molecule is CS(=O)(=O)Nc1ccc(F)cc1C(=O)NCCCCN. The first kappa shape index (κ1) is 16.4. The fraction of sp³-hybridized carbons (Fsp3) is 0.417. The van der Waals surface area contributed by atoms with E-state index in [1.54, 1.807) is 0 Å². The average Bonchev–Trinajstić information content (AvgIpc) is 2.35. The van der Waals surface area contributed by atoms with Crippen molar-refractivity contribution in [3.63, 3.8) is 0 Å². The largest absolute Gasteiger partial charge is 0.352 e. The van der Waals surface area contributed by atoms with Crippen LogP contribution in [0.15, 0.2) is 18.2 Å². The number of anilines is 1. The highest BCUT2D eigenvalue weighted by molar-refractivity contribution is 7.92. The second-order valence-corrected chi connectivity index (χ2v) is 6.06. The predicted octanol–water partition coefficient (Wildman–Crippen LogP) is 0.666. The van der Waals surface area contributed by atoms with Gasteiger partial charge in [-0.25, -0.2) is 12.8 Å². The smallest absolute Gasteiger partial charge is 0.253 e. The third kappa shape index (κ3) is 5.54. The molecule has 1 aromatic carbocycles. The van der Waals surface area contributed by atoms with Crippen molar-refractivity contribution in [1.82, 2.24) is 5.32 Å². The highest BCUT2D eigenvalue weighted by Crippen LogP contribution is 2.18. The van der Waals surface area contributed by atoms with Crippen LogP contribution < -0.4 is 15.8 Å². The Morgan fingerprint density at radius 2 is 2.05 bits per heavy atom. The Hall–Kier alpha value is -1.67. The molecular formula is C12H18FN3O3S. The van der Waals surface area contributed by atoms with Gasteiger partial charge in [-0.2, -0.15) is 0 Å². The van der Waals surface area contributed by atoms with Crippen molar-refractivity contribution in [1.29, 1.82) is 0 Å². The van der Waals surface area contributed by atoms with Crippen molar-refractivity contribution >= 4 is 21.6 Å². The van der Waals surface area contributed by atoms with Crippen molar-refractivity contribution in [3.8, 4) is 0 Å². The Labute approximate surface area is 117 Å². The molecule has 0 heterocycles. The van der Waals surface area contributed by atoms with E-state index in [1.165, 1.54) is 6.07 Å². The Kier molecular flexibility index (Phi) is 5.90. The Morgan fingerprint density at radius 1 is 1.35 bits per heavy atom. The lowest BCUT2D eigenvalue weighted by atomic mass is 10.1. The summed E-state index contributed by atoms with van der Waals surface area (Å²) in [5.74, 6) is -1.15. The average molecular weight is 303 g/mol. The van der Waals surface area contributed by atoms with E-state index < -0.39 is 21.7 Å². The van der Waals surface area contributed by atoms with Crippen LogP contribution >= 0.6 is 0 Å². The number of carbonyl (C=O) groups is 1. The zero-order chi connectivity index (χ0) is 15.2. The molecule has 0 radical (unpaired) electrons. The molecule has 8 heteroatoms. The normalized spacial score (nSPS) is 11.2. The zero-order valence-corrected chi connectivity index (χ0v) is 12.0. The van der Waals surface area contributed by atoms with E-state index in [9.17, 15) is 17.6 Å². The van der Waals surface area contributed by atoms with Crippen molar-refractivity contribution in [2.75, 3.05) is 24.1 Å². The third-order valence-electron chi connectivity index (χ3n) is 2.44. The summed E-state index contributed by atoms with van der Waals surface area (Å²) in [4.78, 5) is 11.9. The van der Waals surface area contributed by atoms with Crippen molar-refractivity contribution < 1.29 is 17.6 Å². The number of nitrogens with two attached hydrogens (primary N) is 1. The van der Waals surface area contributed by atoms with Crippen LogP contribution in [0.2, 0.25) is 0 Å². The molecule has 0 atom stereocenters. The van der Waals surface area contributed by atoms with E-state index in [2.05, 4.69) is 10.0 Å². The van der Waals surface area contributed by atoms with Gasteiger partial charge in [0.1, 0.15) is 5.82 Å². The molecule has 0 saturated carbocycles. The summed E-state index contributed by atoms with van der Waals surface area (Å²) in [6.45, 7) is 0.918. The second kappa shape index (κ2) is 7.20. The fourth-order valence-electron chi connectivity index (χ4n) is 1.56.